The molecule has 1 rings (SSSR count). The van der Waals surface area contributed by atoms with Gasteiger partial charge < -0.3 is 9.94 Å². The maximum absolute atomic E-state index is 8.46. The maximum Gasteiger partial charge on any atom is 0.122 e. The molecule has 0 aromatic carbocycles. The van der Waals surface area contributed by atoms with Crippen LogP contribution in [0.2, 0.25) is 0 Å². The standard InChI is InChI=1S/C8H10N2O2/c1-6(10-11)8-5-7(12-2)3-4-9-8/h3-5,11H,1-2H3/b10-6+. The minimum absolute atomic E-state index is 0.467. The van der Waals surface area contributed by atoms with Crippen LogP contribution in [0.25, 0.3) is 0 Å². The molecular weight excluding hydrogens is 156 g/mol. The molecule has 0 aliphatic rings. The van der Waals surface area contributed by atoms with Crippen molar-refractivity contribution in [2.24, 2.45) is 5.16 Å². The van der Waals surface area contributed by atoms with Gasteiger partial charge in [-0.2, -0.15) is 0 Å². The number of oxime groups is 1. The van der Waals surface area contributed by atoms with Gasteiger partial charge in [0, 0.05) is 12.3 Å². The van der Waals surface area contributed by atoms with Crippen LogP contribution in [-0.4, -0.2) is 23.0 Å². The van der Waals surface area contributed by atoms with E-state index in [0.29, 0.717) is 17.2 Å². The maximum atomic E-state index is 8.46. The number of nitrogens with zero attached hydrogens (tertiary/aromatic N) is 2. The second kappa shape index (κ2) is 3.71. The van der Waals surface area contributed by atoms with Crippen molar-refractivity contribution in [1.29, 1.82) is 0 Å². The van der Waals surface area contributed by atoms with Crippen molar-refractivity contribution >= 4 is 5.71 Å². The van der Waals surface area contributed by atoms with Gasteiger partial charge in [-0.3, -0.25) is 4.98 Å². The molecule has 0 fully saturated rings. The third kappa shape index (κ3) is 1.72. The first-order valence-electron chi connectivity index (χ1n) is 3.47. The van der Waals surface area contributed by atoms with E-state index in [0.717, 1.165) is 0 Å². The van der Waals surface area contributed by atoms with Gasteiger partial charge in [0.25, 0.3) is 0 Å². The number of hydrogen-bond acceptors (Lipinski definition) is 4. The van der Waals surface area contributed by atoms with Crippen molar-refractivity contribution in [1.82, 2.24) is 4.98 Å². The molecule has 0 aliphatic heterocycles. The Bertz CT molecular complexity index is 297. The lowest BCUT2D eigenvalue weighted by Gasteiger charge is -2.00. The van der Waals surface area contributed by atoms with E-state index in [-0.39, 0.29) is 0 Å². The SMILES string of the molecule is COc1ccnc(/C(C)=N/O)c1. The second-order valence-corrected chi connectivity index (χ2v) is 2.27. The average Bonchev–Trinajstić information content (AvgIpc) is 2.17. The Morgan fingerprint density at radius 2 is 2.42 bits per heavy atom. The summed E-state index contributed by atoms with van der Waals surface area (Å²) in [7, 11) is 1.57. The van der Waals surface area contributed by atoms with Crippen LogP contribution in [0.1, 0.15) is 12.6 Å². The van der Waals surface area contributed by atoms with Crippen molar-refractivity contribution in [3.8, 4) is 5.75 Å². The van der Waals surface area contributed by atoms with Crippen molar-refractivity contribution in [2.45, 2.75) is 6.92 Å². The molecule has 4 nitrogen and oxygen atoms in total. The molecule has 0 aliphatic carbocycles. The number of aromatic nitrogens is 1. The van der Waals surface area contributed by atoms with Crippen molar-refractivity contribution in [3.05, 3.63) is 24.0 Å². The summed E-state index contributed by atoms with van der Waals surface area (Å²) in [6, 6.07) is 3.43. The molecule has 0 amide bonds. The fraction of sp³-hybridized carbons (Fsp3) is 0.250. The summed E-state index contributed by atoms with van der Waals surface area (Å²) >= 11 is 0. The summed E-state index contributed by atoms with van der Waals surface area (Å²) < 4.78 is 4.97. The third-order valence-electron chi connectivity index (χ3n) is 1.49. The molecule has 0 radical (unpaired) electrons. The minimum atomic E-state index is 0.467. The van der Waals surface area contributed by atoms with Gasteiger partial charge in [0.05, 0.1) is 12.8 Å². The molecule has 0 unspecified atom stereocenters. The molecule has 0 saturated heterocycles. The van der Waals surface area contributed by atoms with Crippen LogP contribution in [0.3, 0.4) is 0 Å². The largest absolute Gasteiger partial charge is 0.497 e. The minimum Gasteiger partial charge on any atom is -0.497 e. The Labute approximate surface area is 70.5 Å². The lowest BCUT2D eigenvalue weighted by Crippen LogP contribution is -1.98. The number of methoxy groups -OCH3 is 1. The van der Waals surface area contributed by atoms with Gasteiger partial charge in [0.2, 0.25) is 0 Å². The van der Waals surface area contributed by atoms with E-state index in [2.05, 4.69) is 10.1 Å². The van der Waals surface area contributed by atoms with Crippen LogP contribution in [0.15, 0.2) is 23.5 Å². The van der Waals surface area contributed by atoms with Gasteiger partial charge in [-0.25, -0.2) is 0 Å². The molecule has 1 N–H and O–H groups in total. The Kier molecular flexibility index (Phi) is 2.63. The smallest absolute Gasteiger partial charge is 0.122 e. The van der Waals surface area contributed by atoms with Crippen LogP contribution >= 0.6 is 0 Å². The van der Waals surface area contributed by atoms with Crippen molar-refractivity contribution < 1.29 is 9.94 Å². The fourth-order valence-electron chi connectivity index (χ4n) is 0.787. The third-order valence-corrected chi connectivity index (χ3v) is 1.49. The van der Waals surface area contributed by atoms with Crippen LogP contribution in [0.4, 0.5) is 0 Å². The predicted molar refractivity (Wildman–Crippen MR) is 44.8 cm³/mol. The van der Waals surface area contributed by atoms with E-state index in [1.165, 1.54) is 0 Å². The normalized spacial score (nSPS) is 11.3. The van der Waals surface area contributed by atoms with Gasteiger partial charge in [0.15, 0.2) is 0 Å². The zero-order valence-corrected chi connectivity index (χ0v) is 6.98. The quantitative estimate of drug-likeness (QED) is 0.409. The van der Waals surface area contributed by atoms with E-state index < -0.39 is 0 Å². The summed E-state index contributed by atoms with van der Waals surface area (Å²) in [5, 5.41) is 11.5. The van der Waals surface area contributed by atoms with Crippen molar-refractivity contribution in [3.63, 3.8) is 0 Å². The van der Waals surface area contributed by atoms with E-state index in [1.807, 2.05) is 0 Å². The predicted octanol–water partition coefficient (Wildman–Crippen LogP) is 1.29. The first-order chi connectivity index (χ1) is 5.77. The highest BCUT2D eigenvalue weighted by Crippen LogP contribution is 2.10. The molecule has 4 heteroatoms. The molecule has 0 bridgehead atoms. The summed E-state index contributed by atoms with van der Waals surface area (Å²) in [6.07, 6.45) is 1.60. The first kappa shape index (κ1) is 8.52. The summed E-state index contributed by atoms with van der Waals surface area (Å²) in [4.78, 5) is 3.99. The monoisotopic (exact) mass is 166 g/mol. The van der Waals surface area contributed by atoms with Crippen LogP contribution < -0.4 is 4.74 Å². The van der Waals surface area contributed by atoms with Gasteiger partial charge in [-0.05, 0) is 13.0 Å². The molecule has 64 valence electrons. The second-order valence-electron chi connectivity index (χ2n) is 2.27. The van der Waals surface area contributed by atoms with E-state index >= 15 is 0 Å². The number of hydrogen-bond donors (Lipinski definition) is 1. The Morgan fingerprint density at radius 1 is 1.67 bits per heavy atom. The van der Waals surface area contributed by atoms with E-state index in [4.69, 9.17) is 9.94 Å². The highest BCUT2D eigenvalue weighted by Gasteiger charge is 2.00. The lowest BCUT2D eigenvalue weighted by molar-refractivity contribution is 0.319. The Balaban J connectivity index is 3.02. The summed E-state index contributed by atoms with van der Waals surface area (Å²) in [6.45, 7) is 1.67. The van der Waals surface area contributed by atoms with Gasteiger partial charge in [-0.1, -0.05) is 5.16 Å². The van der Waals surface area contributed by atoms with Gasteiger partial charge >= 0.3 is 0 Å². The molecule has 12 heavy (non-hydrogen) atoms. The van der Waals surface area contributed by atoms with Crippen LogP contribution in [-0.2, 0) is 0 Å². The molecular formula is C8H10N2O2. The molecule has 0 saturated carbocycles. The first-order valence-corrected chi connectivity index (χ1v) is 3.47. The van der Waals surface area contributed by atoms with Gasteiger partial charge in [0.1, 0.15) is 11.5 Å². The zero-order chi connectivity index (χ0) is 8.97. The van der Waals surface area contributed by atoms with Crippen LogP contribution in [0, 0.1) is 0 Å². The lowest BCUT2D eigenvalue weighted by atomic mass is 10.2. The topological polar surface area (TPSA) is 54.7 Å². The van der Waals surface area contributed by atoms with E-state index in [1.54, 1.807) is 32.4 Å². The molecule has 0 spiro atoms. The number of pyridine rings is 1. The molecule has 1 heterocycles. The highest BCUT2D eigenvalue weighted by atomic mass is 16.5. The Morgan fingerprint density at radius 3 is 3.00 bits per heavy atom. The Hall–Kier alpha value is -1.58. The number of ether oxygens (including phenoxy) is 1. The summed E-state index contributed by atoms with van der Waals surface area (Å²) in [5.74, 6) is 0.697. The van der Waals surface area contributed by atoms with Crippen LogP contribution in [0.5, 0.6) is 5.75 Å². The average molecular weight is 166 g/mol. The summed E-state index contributed by atoms with van der Waals surface area (Å²) in [5.41, 5.74) is 1.07. The molecule has 1 aromatic rings. The van der Waals surface area contributed by atoms with Crippen molar-refractivity contribution in [2.75, 3.05) is 7.11 Å². The molecule has 1 aromatic heterocycles. The molecule has 0 atom stereocenters. The van der Waals surface area contributed by atoms with Gasteiger partial charge in [-0.15, -0.1) is 0 Å². The van der Waals surface area contributed by atoms with E-state index in [9.17, 15) is 0 Å². The highest BCUT2D eigenvalue weighted by molar-refractivity contribution is 5.96. The zero-order valence-electron chi connectivity index (χ0n) is 6.98. The number of rotatable bonds is 2. The fourth-order valence-corrected chi connectivity index (χ4v) is 0.787.